The minimum atomic E-state index is 0.349. The van der Waals surface area contributed by atoms with Crippen molar-refractivity contribution in [3.63, 3.8) is 0 Å². The van der Waals surface area contributed by atoms with E-state index in [4.69, 9.17) is 9.68 Å². The van der Waals surface area contributed by atoms with E-state index in [0.717, 1.165) is 23.0 Å². The second-order valence-corrected chi connectivity index (χ2v) is 4.31. The highest BCUT2D eigenvalue weighted by atomic mass is 32.1. The van der Waals surface area contributed by atoms with Gasteiger partial charge in [0.05, 0.1) is 6.54 Å². The molecule has 0 atom stereocenters. The van der Waals surface area contributed by atoms with E-state index in [-0.39, 0.29) is 0 Å². The van der Waals surface area contributed by atoms with Crippen LogP contribution in [0.1, 0.15) is 22.2 Å². The quantitative estimate of drug-likeness (QED) is 0.879. The average molecular weight is 233 g/mol. The van der Waals surface area contributed by atoms with Gasteiger partial charge in [0.25, 0.3) is 0 Å². The highest BCUT2D eigenvalue weighted by molar-refractivity contribution is 7.09. The van der Waals surface area contributed by atoms with Crippen molar-refractivity contribution in [2.24, 2.45) is 0 Å². The predicted octanol–water partition coefficient (Wildman–Crippen LogP) is 2.21. The molecule has 0 spiro atoms. The van der Waals surface area contributed by atoms with E-state index in [0.29, 0.717) is 12.3 Å². The van der Waals surface area contributed by atoms with Gasteiger partial charge in [0.15, 0.2) is 0 Å². The zero-order valence-electron chi connectivity index (χ0n) is 8.86. The van der Waals surface area contributed by atoms with E-state index in [2.05, 4.69) is 10.3 Å². The van der Waals surface area contributed by atoms with Crippen LogP contribution >= 0.6 is 11.3 Å². The average Bonchev–Trinajstić information content (AvgIpc) is 2.88. The maximum atomic E-state index is 8.58. The van der Waals surface area contributed by atoms with Crippen LogP contribution in [0, 0.1) is 18.3 Å². The molecule has 0 aromatic carbocycles. The Balaban J connectivity index is 1.82. The molecule has 2 rings (SSSR count). The molecule has 0 saturated heterocycles. The van der Waals surface area contributed by atoms with Crippen molar-refractivity contribution in [3.8, 4) is 6.07 Å². The molecular formula is C11H11N3OS. The third kappa shape index (κ3) is 2.69. The molecule has 16 heavy (non-hydrogen) atoms. The Kier molecular flexibility index (Phi) is 3.34. The zero-order valence-corrected chi connectivity index (χ0v) is 9.67. The van der Waals surface area contributed by atoms with Crippen molar-refractivity contribution in [2.45, 2.75) is 20.0 Å². The number of rotatable bonds is 4. The molecule has 0 bridgehead atoms. The molecule has 0 unspecified atom stereocenters. The number of aromatic nitrogens is 1. The van der Waals surface area contributed by atoms with E-state index >= 15 is 0 Å². The van der Waals surface area contributed by atoms with Crippen LogP contribution < -0.4 is 5.32 Å². The second-order valence-electron chi connectivity index (χ2n) is 3.36. The van der Waals surface area contributed by atoms with E-state index in [1.54, 1.807) is 23.5 Å². The van der Waals surface area contributed by atoms with Crippen LogP contribution in [0.25, 0.3) is 0 Å². The van der Waals surface area contributed by atoms with Gasteiger partial charge in [0.2, 0.25) is 5.76 Å². The van der Waals surface area contributed by atoms with Crippen LogP contribution in [-0.2, 0) is 13.1 Å². The Morgan fingerprint density at radius 2 is 2.38 bits per heavy atom. The number of hydrogen-bond acceptors (Lipinski definition) is 5. The Bertz CT molecular complexity index is 509. The van der Waals surface area contributed by atoms with Gasteiger partial charge in [-0.3, -0.25) is 0 Å². The summed E-state index contributed by atoms with van der Waals surface area (Å²) in [6.07, 6.45) is 0. The summed E-state index contributed by atoms with van der Waals surface area (Å²) in [6, 6.07) is 5.43. The van der Waals surface area contributed by atoms with Gasteiger partial charge in [0.1, 0.15) is 16.8 Å². The molecule has 2 aromatic rings. The fourth-order valence-electron chi connectivity index (χ4n) is 1.31. The first-order valence-corrected chi connectivity index (χ1v) is 5.76. The van der Waals surface area contributed by atoms with Crippen molar-refractivity contribution < 1.29 is 4.42 Å². The first-order valence-electron chi connectivity index (χ1n) is 4.88. The van der Waals surface area contributed by atoms with Crippen LogP contribution in [0.4, 0.5) is 0 Å². The molecule has 2 aromatic heterocycles. The normalized spacial score (nSPS) is 10.2. The molecule has 0 radical (unpaired) electrons. The van der Waals surface area contributed by atoms with E-state index < -0.39 is 0 Å². The Hall–Kier alpha value is -1.64. The van der Waals surface area contributed by atoms with Crippen molar-refractivity contribution in [3.05, 3.63) is 39.7 Å². The molecule has 0 saturated carbocycles. The first kappa shape index (κ1) is 10.9. The zero-order chi connectivity index (χ0) is 11.4. The number of aryl methyl sites for hydroxylation is 1. The highest BCUT2D eigenvalue weighted by Crippen LogP contribution is 2.09. The smallest absolute Gasteiger partial charge is 0.203 e. The molecule has 0 aliphatic rings. The van der Waals surface area contributed by atoms with Gasteiger partial charge in [-0.1, -0.05) is 0 Å². The largest absolute Gasteiger partial charge is 0.449 e. The van der Waals surface area contributed by atoms with Crippen LogP contribution in [0.15, 0.2) is 21.9 Å². The molecule has 0 amide bonds. The summed E-state index contributed by atoms with van der Waals surface area (Å²) >= 11 is 1.64. The Labute approximate surface area is 97.5 Å². The first-order chi connectivity index (χ1) is 7.78. The van der Waals surface area contributed by atoms with Crippen LogP contribution in [-0.4, -0.2) is 4.98 Å². The molecule has 1 N–H and O–H groups in total. The summed E-state index contributed by atoms with van der Waals surface area (Å²) in [5.74, 6) is 1.12. The molecule has 5 heteroatoms. The summed E-state index contributed by atoms with van der Waals surface area (Å²) in [5, 5.41) is 14.9. The van der Waals surface area contributed by atoms with Crippen LogP contribution in [0.3, 0.4) is 0 Å². The molecule has 4 nitrogen and oxygen atoms in total. The van der Waals surface area contributed by atoms with Gasteiger partial charge in [-0.15, -0.1) is 11.3 Å². The van der Waals surface area contributed by atoms with Crippen LogP contribution in [0.2, 0.25) is 0 Å². The lowest BCUT2D eigenvalue weighted by Crippen LogP contribution is -2.11. The molecule has 82 valence electrons. The fraction of sp³-hybridized carbons (Fsp3) is 0.273. The summed E-state index contributed by atoms with van der Waals surface area (Å²) in [7, 11) is 0. The fourth-order valence-corrected chi connectivity index (χ4v) is 2.05. The van der Waals surface area contributed by atoms with Crippen molar-refractivity contribution in [2.75, 3.05) is 0 Å². The number of furan rings is 1. The summed E-state index contributed by atoms with van der Waals surface area (Å²) in [4.78, 5) is 4.34. The monoisotopic (exact) mass is 233 g/mol. The Morgan fingerprint density at radius 1 is 1.50 bits per heavy atom. The topological polar surface area (TPSA) is 61.9 Å². The SMILES string of the molecule is Cc1csc(CNCc2ccc(C#N)o2)n1. The molecule has 2 heterocycles. The van der Waals surface area contributed by atoms with E-state index in [1.807, 2.05) is 18.4 Å². The lowest BCUT2D eigenvalue weighted by atomic mass is 10.4. The van der Waals surface area contributed by atoms with Crippen molar-refractivity contribution in [1.82, 2.24) is 10.3 Å². The summed E-state index contributed by atoms with van der Waals surface area (Å²) < 4.78 is 5.24. The van der Waals surface area contributed by atoms with Gasteiger partial charge in [0, 0.05) is 17.6 Å². The number of nitrogens with one attached hydrogen (secondary N) is 1. The van der Waals surface area contributed by atoms with Gasteiger partial charge in [-0.2, -0.15) is 5.26 Å². The Morgan fingerprint density at radius 3 is 3.00 bits per heavy atom. The lowest BCUT2D eigenvalue weighted by molar-refractivity contribution is 0.473. The number of thiazole rings is 1. The maximum absolute atomic E-state index is 8.58. The van der Waals surface area contributed by atoms with Gasteiger partial charge in [-0.05, 0) is 19.1 Å². The second kappa shape index (κ2) is 4.92. The third-order valence-electron chi connectivity index (χ3n) is 2.01. The molecular weight excluding hydrogens is 222 g/mol. The van der Waals surface area contributed by atoms with Gasteiger partial charge < -0.3 is 9.73 Å². The molecule has 0 aliphatic heterocycles. The highest BCUT2D eigenvalue weighted by Gasteiger charge is 2.02. The minimum absolute atomic E-state index is 0.349. The van der Waals surface area contributed by atoms with Gasteiger partial charge >= 0.3 is 0 Å². The summed E-state index contributed by atoms with van der Waals surface area (Å²) in [6.45, 7) is 3.31. The minimum Gasteiger partial charge on any atom is -0.449 e. The summed E-state index contributed by atoms with van der Waals surface area (Å²) in [5.41, 5.74) is 1.05. The van der Waals surface area contributed by atoms with E-state index in [9.17, 15) is 0 Å². The molecule has 0 fully saturated rings. The number of nitriles is 1. The van der Waals surface area contributed by atoms with Crippen LogP contribution in [0.5, 0.6) is 0 Å². The van der Waals surface area contributed by atoms with Crippen molar-refractivity contribution in [1.29, 1.82) is 5.26 Å². The third-order valence-corrected chi connectivity index (χ3v) is 2.98. The predicted molar refractivity (Wildman–Crippen MR) is 60.8 cm³/mol. The molecule has 0 aliphatic carbocycles. The number of nitrogens with zero attached hydrogens (tertiary/aromatic N) is 2. The number of hydrogen-bond donors (Lipinski definition) is 1. The standard InChI is InChI=1S/C11H11N3OS/c1-8-7-16-11(14-8)6-13-5-10-3-2-9(4-12)15-10/h2-3,7,13H,5-6H2,1H3. The van der Waals surface area contributed by atoms with Crippen molar-refractivity contribution >= 4 is 11.3 Å². The van der Waals surface area contributed by atoms with E-state index in [1.165, 1.54) is 0 Å². The maximum Gasteiger partial charge on any atom is 0.203 e. The lowest BCUT2D eigenvalue weighted by Gasteiger charge is -1.98. The van der Waals surface area contributed by atoms with Gasteiger partial charge in [-0.25, -0.2) is 4.98 Å².